The van der Waals surface area contributed by atoms with Crippen LogP contribution in [-0.2, 0) is 32.2 Å². The summed E-state index contributed by atoms with van der Waals surface area (Å²) < 4.78 is 69.1. The Morgan fingerprint density at radius 1 is 1.00 bits per heavy atom. The zero-order chi connectivity index (χ0) is 29.7. The minimum atomic E-state index is -4.87. The third kappa shape index (κ3) is 7.33. The molecule has 0 saturated carbocycles. The highest BCUT2D eigenvalue weighted by Gasteiger charge is 2.36. The predicted molar refractivity (Wildman–Crippen MR) is 148 cm³/mol. The van der Waals surface area contributed by atoms with Crippen LogP contribution in [0.15, 0.2) is 77.7 Å². The number of rotatable bonds is 10. The van der Waals surface area contributed by atoms with Crippen LogP contribution in [0, 0.1) is 6.92 Å². The topological polar surface area (TPSA) is 86.8 Å². The van der Waals surface area contributed by atoms with Crippen LogP contribution < -0.4 is 9.62 Å². The van der Waals surface area contributed by atoms with Crippen molar-refractivity contribution in [1.82, 2.24) is 10.2 Å². The number of aryl methyl sites for hydroxylation is 1. The summed E-state index contributed by atoms with van der Waals surface area (Å²) in [5.41, 5.74) is -0.0101. The molecule has 0 aliphatic heterocycles. The Morgan fingerprint density at radius 3 is 2.20 bits per heavy atom. The SMILES string of the molecule is CNC(=O)[C@H](C)N(CCc1ccccc1)C(=O)CN(c1ccc(Cl)c(C(F)(F)F)c1)S(=O)(=O)c1ccc(C)cc1. The van der Waals surface area contributed by atoms with Crippen LogP contribution >= 0.6 is 11.6 Å². The van der Waals surface area contributed by atoms with Gasteiger partial charge in [0.05, 0.1) is 21.2 Å². The Bertz CT molecular complexity index is 1450. The van der Waals surface area contributed by atoms with E-state index in [1.54, 1.807) is 6.92 Å². The molecule has 0 bridgehead atoms. The maximum atomic E-state index is 13.7. The number of amides is 2. The fourth-order valence-electron chi connectivity index (χ4n) is 4.03. The van der Waals surface area contributed by atoms with Crippen molar-refractivity contribution in [2.75, 3.05) is 24.4 Å². The van der Waals surface area contributed by atoms with Crippen LogP contribution in [0.5, 0.6) is 0 Å². The number of anilines is 1. The van der Waals surface area contributed by atoms with Gasteiger partial charge < -0.3 is 10.2 Å². The van der Waals surface area contributed by atoms with Crippen molar-refractivity contribution in [1.29, 1.82) is 0 Å². The van der Waals surface area contributed by atoms with Gasteiger partial charge in [-0.05, 0) is 56.2 Å². The van der Waals surface area contributed by atoms with E-state index in [0.29, 0.717) is 16.8 Å². The van der Waals surface area contributed by atoms with Crippen molar-refractivity contribution >= 4 is 39.1 Å². The largest absolute Gasteiger partial charge is 0.417 e. The first-order valence-electron chi connectivity index (χ1n) is 12.3. The molecule has 7 nitrogen and oxygen atoms in total. The summed E-state index contributed by atoms with van der Waals surface area (Å²) in [7, 11) is -3.12. The second-order valence-electron chi connectivity index (χ2n) is 9.10. The van der Waals surface area contributed by atoms with Gasteiger partial charge in [0.15, 0.2) is 0 Å². The molecule has 1 atom stereocenters. The third-order valence-corrected chi connectivity index (χ3v) is 8.45. The van der Waals surface area contributed by atoms with Gasteiger partial charge >= 0.3 is 6.18 Å². The summed E-state index contributed by atoms with van der Waals surface area (Å²) >= 11 is 5.77. The number of carbonyl (C=O) groups is 2. The van der Waals surface area contributed by atoms with Gasteiger partial charge in [-0.15, -0.1) is 0 Å². The van der Waals surface area contributed by atoms with Crippen LogP contribution in [0.3, 0.4) is 0 Å². The summed E-state index contributed by atoms with van der Waals surface area (Å²) in [6.45, 7) is 2.44. The minimum absolute atomic E-state index is 0.0598. The predicted octanol–water partition coefficient (Wildman–Crippen LogP) is 5.07. The number of benzene rings is 3. The minimum Gasteiger partial charge on any atom is -0.357 e. The van der Waals surface area contributed by atoms with Gasteiger partial charge in [-0.25, -0.2) is 8.42 Å². The highest BCUT2D eigenvalue weighted by Crippen LogP contribution is 2.38. The van der Waals surface area contributed by atoms with Gasteiger partial charge in [0.2, 0.25) is 11.8 Å². The van der Waals surface area contributed by atoms with E-state index in [1.165, 1.54) is 43.1 Å². The maximum Gasteiger partial charge on any atom is 0.417 e. The van der Waals surface area contributed by atoms with Crippen molar-refractivity contribution in [3.05, 3.63) is 94.5 Å². The van der Waals surface area contributed by atoms with Gasteiger partial charge in [0.25, 0.3) is 10.0 Å². The lowest BCUT2D eigenvalue weighted by molar-refractivity contribution is -0.138. The second kappa shape index (κ2) is 12.7. The number of halogens is 4. The first kappa shape index (κ1) is 31.0. The number of likely N-dealkylation sites (N-methyl/N-ethyl adjacent to an activating group) is 1. The molecule has 0 unspecified atom stereocenters. The zero-order valence-electron chi connectivity index (χ0n) is 22.1. The zero-order valence-corrected chi connectivity index (χ0v) is 23.6. The molecule has 40 heavy (non-hydrogen) atoms. The number of alkyl halides is 3. The average molecular weight is 596 g/mol. The molecule has 0 spiro atoms. The molecule has 3 rings (SSSR count). The van der Waals surface area contributed by atoms with E-state index in [9.17, 15) is 31.2 Å². The normalized spacial score (nSPS) is 12.5. The number of hydrogen-bond donors (Lipinski definition) is 1. The Balaban J connectivity index is 2.07. The Morgan fingerprint density at radius 2 is 1.62 bits per heavy atom. The lowest BCUT2D eigenvalue weighted by atomic mass is 10.1. The molecule has 0 aliphatic carbocycles. The number of nitrogens with one attached hydrogen (secondary N) is 1. The maximum absolute atomic E-state index is 13.7. The van der Waals surface area contributed by atoms with Crippen LogP contribution in [-0.4, -0.2) is 51.3 Å². The molecule has 12 heteroatoms. The molecular formula is C28H29ClF3N3O4S. The fraction of sp³-hybridized carbons (Fsp3) is 0.286. The number of hydrogen-bond acceptors (Lipinski definition) is 4. The number of nitrogens with zero attached hydrogens (tertiary/aromatic N) is 2. The summed E-state index contributed by atoms with van der Waals surface area (Å²) in [6, 6.07) is 16.5. The van der Waals surface area contributed by atoms with E-state index in [-0.39, 0.29) is 11.4 Å². The molecule has 0 radical (unpaired) electrons. The first-order valence-corrected chi connectivity index (χ1v) is 14.1. The average Bonchev–Trinajstić information content (AvgIpc) is 2.91. The van der Waals surface area contributed by atoms with Crippen molar-refractivity contribution in [3.63, 3.8) is 0 Å². The quantitative estimate of drug-likeness (QED) is 0.355. The van der Waals surface area contributed by atoms with Gasteiger partial charge in [-0.1, -0.05) is 59.6 Å². The van der Waals surface area contributed by atoms with E-state index < -0.39 is 56.9 Å². The second-order valence-corrected chi connectivity index (χ2v) is 11.4. The van der Waals surface area contributed by atoms with Crippen LogP contribution in [0.4, 0.5) is 18.9 Å². The summed E-state index contributed by atoms with van der Waals surface area (Å²) in [5.74, 6) is -1.26. The van der Waals surface area contributed by atoms with Gasteiger partial charge in [0.1, 0.15) is 12.6 Å². The lowest BCUT2D eigenvalue weighted by Crippen LogP contribution is -2.51. The van der Waals surface area contributed by atoms with Gasteiger partial charge in [0, 0.05) is 13.6 Å². The monoisotopic (exact) mass is 595 g/mol. The molecule has 2 amide bonds. The van der Waals surface area contributed by atoms with Crippen LogP contribution in [0.25, 0.3) is 0 Å². The van der Waals surface area contributed by atoms with Gasteiger partial charge in [-0.2, -0.15) is 13.2 Å². The van der Waals surface area contributed by atoms with Crippen molar-refractivity contribution in [2.45, 2.75) is 37.4 Å². The summed E-state index contributed by atoms with van der Waals surface area (Å²) in [5, 5.41) is 1.85. The van der Waals surface area contributed by atoms with E-state index in [0.717, 1.165) is 23.3 Å². The molecule has 0 fully saturated rings. The number of sulfonamides is 1. The molecule has 1 N–H and O–H groups in total. The number of carbonyl (C=O) groups excluding carboxylic acids is 2. The highest BCUT2D eigenvalue weighted by atomic mass is 35.5. The molecule has 0 saturated heterocycles. The van der Waals surface area contributed by atoms with Gasteiger partial charge in [-0.3, -0.25) is 13.9 Å². The summed E-state index contributed by atoms with van der Waals surface area (Å²) in [4.78, 5) is 27.2. The Hall–Kier alpha value is -3.57. The molecule has 3 aromatic carbocycles. The fourth-order valence-corrected chi connectivity index (χ4v) is 5.66. The first-order chi connectivity index (χ1) is 18.8. The molecule has 3 aromatic rings. The van der Waals surface area contributed by atoms with E-state index in [1.807, 2.05) is 30.3 Å². The summed E-state index contributed by atoms with van der Waals surface area (Å²) in [6.07, 6.45) is -4.51. The van der Waals surface area contributed by atoms with E-state index in [4.69, 9.17) is 11.6 Å². The van der Waals surface area contributed by atoms with Crippen LogP contribution in [0.2, 0.25) is 5.02 Å². The Kier molecular flexibility index (Phi) is 9.86. The lowest BCUT2D eigenvalue weighted by Gasteiger charge is -2.32. The van der Waals surface area contributed by atoms with Crippen molar-refractivity contribution in [2.24, 2.45) is 0 Å². The third-order valence-electron chi connectivity index (χ3n) is 6.33. The molecule has 214 valence electrons. The van der Waals surface area contributed by atoms with Crippen molar-refractivity contribution < 1.29 is 31.2 Å². The van der Waals surface area contributed by atoms with Crippen molar-refractivity contribution in [3.8, 4) is 0 Å². The standard InChI is InChI=1S/C28H29ClF3N3O4S/c1-19-9-12-23(13-10-19)40(38,39)35(22-11-14-25(29)24(17-22)28(30,31)32)18-26(36)34(20(2)27(37)33-3)16-15-21-7-5-4-6-8-21/h4-14,17,20H,15-16,18H2,1-3H3,(H,33,37)/t20-/m0/s1. The van der Waals surface area contributed by atoms with E-state index in [2.05, 4.69) is 5.32 Å². The smallest absolute Gasteiger partial charge is 0.357 e. The van der Waals surface area contributed by atoms with E-state index >= 15 is 0 Å². The highest BCUT2D eigenvalue weighted by molar-refractivity contribution is 7.92. The Labute approximate surface area is 236 Å². The molecule has 0 aromatic heterocycles. The molecule has 0 aliphatic rings. The molecular weight excluding hydrogens is 567 g/mol. The molecule has 0 heterocycles. The van der Waals surface area contributed by atoms with Crippen LogP contribution in [0.1, 0.15) is 23.6 Å².